The molecule has 1 aromatic carbocycles. The van der Waals surface area contributed by atoms with Gasteiger partial charge in [-0.15, -0.1) is 0 Å². The van der Waals surface area contributed by atoms with Gasteiger partial charge in [-0.25, -0.2) is 4.39 Å². The molecule has 0 aliphatic rings. The molecule has 0 amide bonds. The van der Waals surface area contributed by atoms with Gasteiger partial charge >= 0.3 is 0 Å². The molecular weight excluding hydrogens is 201 g/mol. The predicted molar refractivity (Wildman–Crippen MR) is 54.9 cm³/mol. The molecule has 3 heteroatoms. The molecule has 1 aromatic rings. The summed E-state index contributed by atoms with van der Waals surface area (Å²) in [6, 6.07) is 3.46. The van der Waals surface area contributed by atoms with Crippen molar-refractivity contribution >= 4 is 11.6 Å². The topological polar surface area (TPSA) is 23.8 Å². The van der Waals surface area contributed by atoms with Crippen LogP contribution in [0.4, 0.5) is 4.39 Å². The highest BCUT2D eigenvalue weighted by atomic mass is 35.5. The maximum Gasteiger partial charge on any atom is 0.127 e. The zero-order valence-corrected chi connectivity index (χ0v) is 9.11. The Hall–Kier alpha value is -1.07. The lowest BCUT2D eigenvalue weighted by molar-refractivity contribution is 0.614. The molecule has 0 radical (unpaired) electrons. The minimum absolute atomic E-state index is 0.331. The van der Waals surface area contributed by atoms with Gasteiger partial charge in [-0.05, 0) is 38.0 Å². The normalized spacial score (nSPS) is 12.3. The molecule has 0 fully saturated rings. The molecule has 0 saturated carbocycles. The fourth-order valence-corrected chi connectivity index (χ4v) is 1.58. The van der Waals surface area contributed by atoms with Crippen LogP contribution in [-0.2, 0) is 0 Å². The summed E-state index contributed by atoms with van der Waals surface area (Å²) in [6.07, 6.45) is 0. The first-order valence-corrected chi connectivity index (χ1v) is 4.71. The van der Waals surface area contributed by atoms with Crippen LogP contribution in [0.1, 0.15) is 29.5 Å². The maximum atomic E-state index is 13.3. The summed E-state index contributed by atoms with van der Waals surface area (Å²) in [5, 5.41) is 9.17. The van der Waals surface area contributed by atoms with Gasteiger partial charge in [0.15, 0.2) is 0 Å². The van der Waals surface area contributed by atoms with E-state index in [1.165, 1.54) is 6.07 Å². The third-order valence-electron chi connectivity index (χ3n) is 2.39. The van der Waals surface area contributed by atoms with Crippen LogP contribution in [0.15, 0.2) is 6.07 Å². The van der Waals surface area contributed by atoms with Crippen LogP contribution in [0.2, 0.25) is 5.02 Å². The fraction of sp³-hybridized carbons (Fsp3) is 0.364. The first kappa shape index (κ1) is 11.0. The van der Waals surface area contributed by atoms with Crippen molar-refractivity contribution < 1.29 is 4.39 Å². The molecule has 0 aliphatic carbocycles. The first-order valence-electron chi connectivity index (χ1n) is 4.33. The number of halogens is 2. The molecule has 0 saturated heterocycles. The zero-order chi connectivity index (χ0) is 10.9. The Morgan fingerprint density at radius 3 is 2.50 bits per heavy atom. The molecule has 14 heavy (non-hydrogen) atoms. The molecule has 1 atom stereocenters. The SMILES string of the molecule is Cc1c(F)cc(C(C)C#N)c(C)c1Cl. The smallest absolute Gasteiger partial charge is 0.127 e. The highest BCUT2D eigenvalue weighted by Gasteiger charge is 2.14. The summed E-state index contributed by atoms with van der Waals surface area (Å²) in [6.45, 7) is 5.16. The Morgan fingerprint density at radius 1 is 1.43 bits per heavy atom. The van der Waals surface area contributed by atoms with Gasteiger partial charge in [-0.1, -0.05) is 11.6 Å². The summed E-state index contributed by atoms with van der Waals surface area (Å²) >= 11 is 5.94. The average Bonchev–Trinajstić information content (AvgIpc) is 2.19. The van der Waals surface area contributed by atoms with Crippen molar-refractivity contribution in [3.63, 3.8) is 0 Å². The maximum absolute atomic E-state index is 13.3. The van der Waals surface area contributed by atoms with Crippen LogP contribution in [0.5, 0.6) is 0 Å². The van der Waals surface area contributed by atoms with Crippen LogP contribution in [0.3, 0.4) is 0 Å². The monoisotopic (exact) mass is 211 g/mol. The van der Waals surface area contributed by atoms with Gasteiger partial charge in [0.1, 0.15) is 5.82 Å². The van der Waals surface area contributed by atoms with Crippen LogP contribution < -0.4 is 0 Å². The second-order valence-electron chi connectivity index (χ2n) is 3.36. The van der Waals surface area contributed by atoms with Gasteiger partial charge in [-0.3, -0.25) is 0 Å². The van der Waals surface area contributed by atoms with Gasteiger partial charge < -0.3 is 0 Å². The molecule has 0 spiro atoms. The van der Waals surface area contributed by atoms with E-state index in [9.17, 15) is 4.39 Å². The predicted octanol–water partition coefficient (Wildman–Crippen LogP) is 3.72. The molecule has 1 unspecified atom stereocenters. The van der Waals surface area contributed by atoms with Gasteiger partial charge in [-0.2, -0.15) is 5.26 Å². The van der Waals surface area contributed by atoms with Crippen LogP contribution in [0, 0.1) is 31.0 Å². The fourth-order valence-electron chi connectivity index (χ4n) is 1.39. The quantitative estimate of drug-likeness (QED) is 0.695. The van der Waals surface area contributed by atoms with E-state index in [4.69, 9.17) is 16.9 Å². The van der Waals surface area contributed by atoms with E-state index in [-0.39, 0.29) is 11.7 Å². The van der Waals surface area contributed by atoms with Crippen molar-refractivity contribution in [3.8, 4) is 6.07 Å². The lowest BCUT2D eigenvalue weighted by Crippen LogP contribution is -1.98. The van der Waals surface area contributed by atoms with Crippen molar-refractivity contribution in [1.29, 1.82) is 5.26 Å². The Kier molecular flexibility index (Phi) is 3.13. The third kappa shape index (κ3) is 1.73. The molecule has 1 nitrogen and oxygen atoms in total. The Balaban J connectivity index is 3.42. The van der Waals surface area contributed by atoms with E-state index < -0.39 is 0 Å². The standard InChI is InChI=1S/C11H11ClFN/c1-6(5-14)9-4-10(13)8(3)11(12)7(9)2/h4,6H,1-3H3. The van der Waals surface area contributed by atoms with E-state index in [2.05, 4.69) is 6.07 Å². The second-order valence-corrected chi connectivity index (χ2v) is 3.74. The lowest BCUT2D eigenvalue weighted by Gasteiger charge is -2.12. The van der Waals surface area contributed by atoms with E-state index in [1.54, 1.807) is 20.8 Å². The van der Waals surface area contributed by atoms with Crippen molar-refractivity contribution in [1.82, 2.24) is 0 Å². The molecule has 0 aromatic heterocycles. The number of benzene rings is 1. The molecule has 0 heterocycles. The van der Waals surface area contributed by atoms with E-state index >= 15 is 0 Å². The number of hydrogen-bond acceptors (Lipinski definition) is 1. The number of rotatable bonds is 1. The summed E-state index contributed by atoms with van der Waals surface area (Å²) in [5.41, 5.74) is 1.90. The molecule has 0 bridgehead atoms. The average molecular weight is 212 g/mol. The minimum atomic E-state index is -0.349. The second kappa shape index (κ2) is 3.98. The third-order valence-corrected chi connectivity index (χ3v) is 2.96. The summed E-state index contributed by atoms with van der Waals surface area (Å²) in [7, 11) is 0. The van der Waals surface area contributed by atoms with Crippen molar-refractivity contribution in [2.24, 2.45) is 0 Å². The summed E-state index contributed by atoms with van der Waals surface area (Å²) < 4.78 is 13.3. The Labute approximate surface area is 88.1 Å². The van der Waals surface area contributed by atoms with E-state index in [0.29, 0.717) is 16.1 Å². The van der Waals surface area contributed by atoms with Crippen LogP contribution >= 0.6 is 11.6 Å². The van der Waals surface area contributed by atoms with Crippen LogP contribution in [-0.4, -0.2) is 0 Å². The van der Waals surface area contributed by atoms with E-state index in [0.717, 1.165) is 5.56 Å². The number of nitriles is 1. The Morgan fingerprint density at radius 2 is 2.00 bits per heavy atom. The van der Waals surface area contributed by atoms with Crippen LogP contribution in [0.25, 0.3) is 0 Å². The molecule has 0 N–H and O–H groups in total. The Bertz CT molecular complexity index is 407. The largest absolute Gasteiger partial charge is 0.207 e. The zero-order valence-electron chi connectivity index (χ0n) is 8.36. The van der Waals surface area contributed by atoms with Crippen molar-refractivity contribution in [2.75, 3.05) is 0 Å². The highest BCUT2D eigenvalue weighted by molar-refractivity contribution is 6.32. The van der Waals surface area contributed by atoms with Crippen molar-refractivity contribution in [3.05, 3.63) is 33.6 Å². The lowest BCUT2D eigenvalue weighted by atomic mass is 9.95. The van der Waals surface area contributed by atoms with Gasteiger partial charge in [0.2, 0.25) is 0 Å². The van der Waals surface area contributed by atoms with Gasteiger partial charge in [0.05, 0.1) is 12.0 Å². The summed E-state index contributed by atoms with van der Waals surface area (Å²) in [5.74, 6) is -0.680. The molecule has 74 valence electrons. The molecule has 0 aliphatic heterocycles. The number of nitrogens with zero attached hydrogens (tertiary/aromatic N) is 1. The van der Waals surface area contributed by atoms with Gasteiger partial charge in [0, 0.05) is 10.6 Å². The minimum Gasteiger partial charge on any atom is -0.207 e. The first-order chi connectivity index (χ1) is 6.49. The van der Waals surface area contributed by atoms with E-state index in [1.807, 2.05) is 0 Å². The van der Waals surface area contributed by atoms with Crippen molar-refractivity contribution in [2.45, 2.75) is 26.7 Å². The van der Waals surface area contributed by atoms with Gasteiger partial charge in [0.25, 0.3) is 0 Å². The highest BCUT2D eigenvalue weighted by Crippen LogP contribution is 2.30. The molecule has 1 rings (SSSR count). The molecular formula is C11H11ClFN. The summed E-state index contributed by atoms with van der Waals surface area (Å²) in [4.78, 5) is 0. The number of hydrogen-bond donors (Lipinski definition) is 0.